The van der Waals surface area contributed by atoms with Gasteiger partial charge in [-0.1, -0.05) is 38.4 Å². The maximum Gasteiger partial charge on any atom is 0.231 e. The molecule has 0 radical (unpaired) electrons. The molecular weight excluding hydrogens is 370 g/mol. The Labute approximate surface area is 161 Å². The number of fused-ring (bicyclic) bond motifs is 1. The average Bonchev–Trinajstić information content (AvgIpc) is 2.97. The molecule has 7 heteroatoms. The fourth-order valence-electron chi connectivity index (χ4n) is 2.20. The van der Waals surface area contributed by atoms with Gasteiger partial charge in [-0.25, -0.2) is 4.98 Å². The molecule has 2 N–H and O–H groups in total. The van der Waals surface area contributed by atoms with Crippen LogP contribution in [0.25, 0.3) is 22.6 Å². The van der Waals surface area contributed by atoms with E-state index in [1.807, 2.05) is 45.0 Å². The van der Waals surface area contributed by atoms with Gasteiger partial charge >= 0.3 is 0 Å². The van der Waals surface area contributed by atoms with Crippen LogP contribution in [-0.2, 0) is 4.79 Å². The molecule has 0 aliphatic rings. The van der Waals surface area contributed by atoms with Crippen molar-refractivity contribution < 1.29 is 9.21 Å². The van der Waals surface area contributed by atoms with Crippen LogP contribution in [0, 0.1) is 5.41 Å². The number of carbonyl (C=O) groups excluding carboxylic acids is 1. The Morgan fingerprint density at radius 3 is 2.65 bits per heavy atom. The number of halogens is 1. The second kappa shape index (κ2) is 7.05. The summed E-state index contributed by atoms with van der Waals surface area (Å²) >= 11 is 11.2. The number of nitrogens with zero attached hydrogens (tertiary/aromatic N) is 1. The molecule has 1 heterocycles. The largest absolute Gasteiger partial charge is 0.436 e. The number of nitrogens with one attached hydrogen (secondary N) is 2. The standard InChI is InChI=1S/C19H18ClN3O2S/c1-19(2,3)17(24)23-18(26)21-13-7-8-15-14(10-13)22-16(25-15)11-5-4-6-12(20)9-11/h4-10H,1-3H3,(H2,21,23,24,26). The van der Waals surface area contributed by atoms with Crippen molar-refractivity contribution in [2.45, 2.75) is 20.8 Å². The summed E-state index contributed by atoms with van der Waals surface area (Å²) in [5, 5.41) is 6.52. The SMILES string of the molecule is CC(C)(C)C(=O)NC(=S)Nc1ccc2oc(-c3cccc(Cl)c3)nc2c1. The molecule has 0 saturated carbocycles. The molecule has 5 nitrogen and oxygen atoms in total. The lowest BCUT2D eigenvalue weighted by atomic mass is 9.96. The molecular formula is C19H18ClN3O2S. The number of amides is 1. The maximum atomic E-state index is 12.0. The molecule has 0 atom stereocenters. The zero-order valence-electron chi connectivity index (χ0n) is 14.6. The van der Waals surface area contributed by atoms with Crippen molar-refractivity contribution in [3.63, 3.8) is 0 Å². The number of carbonyl (C=O) groups is 1. The molecule has 3 rings (SSSR count). The first kappa shape index (κ1) is 18.4. The predicted octanol–water partition coefficient (Wildman–Crippen LogP) is 5.01. The molecule has 1 amide bonds. The summed E-state index contributed by atoms with van der Waals surface area (Å²) in [6, 6.07) is 12.7. The first-order valence-electron chi connectivity index (χ1n) is 8.01. The highest BCUT2D eigenvalue weighted by molar-refractivity contribution is 7.80. The topological polar surface area (TPSA) is 67.2 Å². The summed E-state index contributed by atoms with van der Waals surface area (Å²) in [6.07, 6.45) is 0. The van der Waals surface area contributed by atoms with Gasteiger partial charge in [0.25, 0.3) is 0 Å². The zero-order chi connectivity index (χ0) is 18.9. The first-order valence-corrected chi connectivity index (χ1v) is 8.80. The fraction of sp³-hybridized carbons (Fsp3) is 0.211. The van der Waals surface area contributed by atoms with Gasteiger partial charge in [-0.15, -0.1) is 0 Å². The second-order valence-corrected chi connectivity index (χ2v) is 7.71. The lowest BCUT2D eigenvalue weighted by molar-refractivity contribution is -0.126. The summed E-state index contributed by atoms with van der Waals surface area (Å²) in [7, 11) is 0. The third-order valence-corrected chi connectivity index (χ3v) is 4.06. The molecule has 3 aromatic rings. The van der Waals surface area contributed by atoms with E-state index in [1.165, 1.54) is 0 Å². The minimum absolute atomic E-state index is 0.152. The van der Waals surface area contributed by atoms with E-state index < -0.39 is 5.41 Å². The Morgan fingerprint density at radius 1 is 1.19 bits per heavy atom. The van der Waals surface area contributed by atoms with Crippen LogP contribution in [0.1, 0.15) is 20.8 Å². The zero-order valence-corrected chi connectivity index (χ0v) is 16.2. The van der Waals surface area contributed by atoms with Crippen molar-refractivity contribution in [1.82, 2.24) is 10.3 Å². The van der Waals surface area contributed by atoms with Crippen LogP contribution in [0.3, 0.4) is 0 Å². The van der Waals surface area contributed by atoms with Gasteiger partial charge in [-0.3, -0.25) is 4.79 Å². The van der Waals surface area contributed by atoms with Crippen molar-refractivity contribution in [1.29, 1.82) is 0 Å². The quantitative estimate of drug-likeness (QED) is 0.605. The van der Waals surface area contributed by atoms with Gasteiger partial charge < -0.3 is 15.1 Å². The summed E-state index contributed by atoms with van der Waals surface area (Å²) in [5.74, 6) is 0.337. The van der Waals surface area contributed by atoms with Crippen molar-refractivity contribution in [2.24, 2.45) is 5.41 Å². The lowest BCUT2D eigenvalue weighted by Gasteiger charge is -2.18. The molecule has 134 valence electrons. The molecule has 0 saturated heterocycles. The lowest BCUT2D eigenvalue weighted by Crippen LogP contribution is -2.41. The molecule has 0 spiro atoms. The summed E-state index contributed by atoms with van der Waals surface area (Å²) in [4.78, 5) is 16.5. The third-order valence-electron chi connectivity index (χ3n) is 3.63. The van der Waals surface area contributed by atoms with E-state index >= 15 is 0 Å². The van der Waals surface area contributed by atoms with Crippen LogP contribution in [0.5, 0.6) is 0 Å². The molecule has 0 unspecified atom stereocenters. The summed E-state index contributed by atoms with van der Waals surface area (Å²) in [5.41, 5.74) is 2.32. The minimum Gasteiger partial charge on any atom is -0.436 e. The highest BCUT2D eigenvalue weighted by atomic mass is 35.5. The van der Waals surface area contributed by atoms with E-state index in [2.05, 4.69) is 15.6 Å². The van der Waals surface area contributed by atoms with Gasteiger partial charge in [-0.05, 0) is 48.6 Å². The van der Waals surface area contributed by atoms with E-state index in [4.69, 9.17) is 28.2 Å². The molecule has 26 heavy (non-hydrogen) atoms. The first-order chi connectivity index (χ1) is 12.2. The number of oxazole rings is 1. The summed E-state index contributed by atoms with van der Waals surface area (Å²) in [6.45, 7) is 5.47. The van der Waals surface area contributed by atoms with Gasteiger partial charge in [-0.2, -0.15) is 0 Å². The molecule has 1 aromatic heterocycles. The Hall–Kier alpha value is -2.44. The Morgan fingerprint density at radius 2 is 1.96 bits per heavy atom. The number of anilines is 1. The fourth-order valence-corrected chi connectivity index (χ4v) is 2.60. The van der Waals surface area contributed by atoms with E-state index in [9.17, 15) is 4.79 Å². The van der Waals surface area contributed by atoms with Crippen molar-refractivity contribution in [2.75, 3.05) is 5.32 Å². The minimum atomic E-state index is -0.520. The van der Waals surface area contributed by atoms with Crippen molar-refractivity contribution in [3.8, 4) is 11.5 Å². The highest BCUT2D eigenvalue weighted by Gasteiger charge is 2.22. The van der Waals surface area contributed by atoms with Crippen molar-refractivity contribution >= 4 is 51.6 Å². The van der Waals surface area contributed by atoms with E-state index in [1.54, 1.807) is 18.2 Å². The highest BCUT2D eigenvalue weighted by Crippen LogP contribution is 2.27. The van der Waals surface area contributed by atoms with E-state index in [-0.39, 0.29) is 11.0 Å². The van der Waals surface area contributed by atoms with Gasteiger partial charge in [0.1, 0.15) is 5.52 Å². The maximum absolute atomic E-state index is 12.0. The summed E-state index contributed by atoms with van der Waals surface area (Å²) < 4.78 is 5.78. The number of hydrogen-bond donors (Lipinski definition) is 2. The normalized spacial score (nSPS) is 11.4. The van der Waals surface area contributed by atoms with Crippen molar-refractivity contribution in [3.05, 3.63) is 47.5 Å². The van der Waals surface area contributed by atoms with E-state index in [0.717, 1.165) is 5.56 Å². The monoisotopic (exact) mass is 387 g/mol. The predicted molar refractivity (Wildman–Crippen MR) is 108 cm³/mol. The number of rotatable bonds is 2. The molecule has 0 aliphatic carbocycles. The van der Waals surface area contributed by atoms with Crippen LogP contribution in [0.15, 0.2) is 46.9 Å². The molecule has 0 bridgehead atoms. The number of aromatic nitrogens is 1. The van der Waals surface area contributed by atoms with Gasteiger partial charge in [0.2, 0.25) is 11.8 Å². The number of hydrogen-bond acceptors (Lipinski definition) is 4. The average molecular weight is 388 g/mol. The van der Waals surface area contributed by atoms with E-state index in [0.29, 0.717) is 27.7 Å². The van der Waals surface area contributed by atoms with Gasteiger partial charge in [0.15, 0.2) is 10.7 Å². The van der Waals surface area contributed by atoms with Crippen LogP contribution >= 0.6 is 23.8 Å². The molecule has 0 aliphatic heterocycles. The van der Waals surface area contributed by atoms with Crippen LogP contribution in [0.4, 0.5) is 5.69 Å². The van der Waals surface area contributed by atoms with Gasteiger partial charge in [0.05, 0.1) is 0 Å². The Bertz CT molecular complexity index is 992. The second-order valence-electron chi connectivity index (χ2n) is 6.87. The number of thiocarbonyl (C=S) groups is 1. The van der Waals surface area contributed by atoms with Gasteiger partial charge in [0, 0.05) is 21.7 Å². The number of benzene rings is 2. The molecule has 2 aromatic carbocycles. The van der Waals surface area contributed by atoms with Crippen LogP contribution in [-0.4, -0.2) is 16.0 Å². The third kappa shape index (κ3) is 4.20. The smallest absolute Gasteiger partial charge is 0.231 e. The molecule has 0 fully saturated rings. The Balaban J connectivity index is 1.79. The van der Waals surface area contributed by atoms with Crippen LogP contribution in [0.2, 0.25) is 5.02 Å². The Kier molecular flexibility index (Phi) is 4.98. The van der Waals surface area contributed by atoms with Crippen LogP contribution < -0.4 is 10.6 Å².